The van der Waals surface area contributed by atoms with Crippen LogP contribution in [0.4, 0.5) is 0 Å². The Morgan fingerprint density at radius 2 is 2.12 bits per heavy atom. The third kappa shape index (κ3) is 3.07. The average Bonchev–Trinajstić information content (AvgIpc) is 2.56. The second kappa shape index (κ2) is 4.42. The van der Waals surface area contributed by atoms with Crippen molar-refractivity contribution in [1.82, 2.24) is 9.97 Å². The number of aromatic amines is 1. The van der Waals surface area contributed by atoms with Gasteiger partial charge in [-0.25, -0.2) is 4.98 Å². The standard InChI is InChI=1S/C13H18BrN3/c1-8-6-9(14)7-10-12(8)17-11(16-10)4-5-13(2,3)15/h6-7H,4-5,15H2,1-3H3,(H,16,17). The van der Waals surface area contributed by atoms with Crippen molar-refractivity contribution in [2.75, 3.05) is 0 Å². The normalized spacial score (nSPS) is 12.3. The summed E-state index contributed by atoms with van der Waals surface area (Å²) in [5.41, 5.74) is 9.16. The van der Waals surface area contributed by atoms with Gasteiger partial charge in [0.1, 0.15) is 5.82 Å². The number of nitrogens with zero attached hydrogens (tertiary/aromatic N) is 1. The summed E-state index contributed by atoms with van der Waals surface area (Å²) < 4.78 is 1.08. The van der Waals surface area contributed by atoms with Crippen molar-refractivity contribution >= 4 is 27.0 Å². The molecule has 2 aromatic rings. The molecule has 3 nitrogen and oxygen atoms in total. The Hall–Kier alpha value is -0.870. The van der Waals surface area contributed by atoms with Crippen LogP contribution < -0.4 is 5.73 Å². The van der Waals surface area contributed by atoms with Gasteiger partial charge in [-0.05, 0) is 44.9 Å². The van der Waals surface area contributed by atoms with E-state index in [0.717, 1.165) is 34.2 Å². The molecule has 3 N–H and O–H groups in total. The molecule has 0 radical (unpaired) electrons. The molecule has 0 fully saturated rings. The number of nitrogens with two attached hydrogens (primary N) is 1. The molecule has 0 saturated heterocycles. The van der Waals surface area contributed by atoms with E-state index >= 15 is 0 Å². The lowest BCUT2D eigenvalue weighted by Crippen LogP contribution is -2.32. The minimum atomic E-state index is -0.144. The van der Waals surface area contributed by atoms with Gasteiger partial charge in [-0.1, -0.05) is 15.9 Å². The summed E-state index contributed by atoms with van der Waals surface area (Å²) in [5.74, 6) is 1.01. The van der Waals surface area contributed by atoms with Gasteiger partial charge in [0.15, 0.2) is 0 Å². The van der Waals surface area contributed by atoms with Crippen LogP contribution in [0.1, 0.15) is 31.7 Å². The topological polar surface area (TPSA) is 54.7 Å². The van der Waals surface area contributed by atoms with Gasteiger partial charge in [0.25, 0.3) is 0 Å². The highest BCUT2D eigenvalue weighted by Gasteiger charge is 2.13. The Kier molecular flexibility index (Phi) is 3.27. The number of benzene rings is 1. The molecule has 0 unspecified atom stereocenters. The van der Waals surface area contributed by atoms with E-state index in [1.54, 1.807) is 0 Å². The number of H-pyrrole nitrogens is 1. The third-order valence-electron chi connectivity index (χ3n) is 2.80. The molecule has 0 aliphatic carbocycles. The molecule has 92 valence electrons. The minimum absolute atomic E-state index is 0.144. The molecule has 1 aromatic heterocycles. The van der Waals surface area contributed by atoms with E-state index in [-0.39, 0.29) is 5.54 Å². The Balaban J connectivity index is 2.29. The molecule has 0 bridgehead atoms. The smallest absolute Gasteiger partial charge is 0.107 e. The number of hydrogen-bond donors (Lipinski definition) is 2. The highest BCUT2D eigenvalue weighted by atomic mass is 79.9. The molecular weight excluding hydrogens is 278 g/mol. The second-order valence-electron chi connectivity index (χ2n) is 5.29. The number of fused-ring (bicyclic) bond motifs is 1. The predicted molar refractivity (Wildman–Crippen MR) is 75.1 cm³/mol. The molecule has 0 amide bonds. The summed E-state index contributed by atoms with van der Waals surface area (Å²) in [7, 11) is 0. The summed E-state index contributed by atoms with van der Waals surface area (Å²) >= 11 is 3.50. The lowest BCUT2D eigenvalue weighted by atomic mass is 10.0. The van der Waals surface area contributed by atoms with E-state index in [1.165, 1.54) is 5.56 Å². The zero-order valence-electron chi connectivity index (χ0n) is 10.5. The summed E-state index contributed by atoms with van der Waals surface area (Å²) in [6, 6.07) is 4.15. The molecule has 0 atom stereocenters. The van der Waals surface area contributed by atoms with Crippen LogP contribution in [0.2, 0.25) is 0 Å². The lowest BCUT2D eigenvalue weighted by molar-refractivity contribution is 0.472. The maximum Gasteiger partial charge on any atom is 0.107 e. The van der Waals surface area contributed by atoms with Gasteiger partial charge < -0.3 is 10.7 Å². The Labute approximate surface area is 110 Å². The predicted octanol–water partition coefficient (Wildman–Crippen LogP) is 3.30. The molecule has 1 aromatic carbocycles. The minimum Gasteiger partial charge on any atom is -0.342 e. The van der Waals surface area contributed by atoms with E-state index < -0.39 is 0 Å². The van der Waals surface area contributed by atoms with Gasteiger partial charge in [0.2, 0.25) is 0 Å². The summed E-state index contributed by atoms with van der Waals surface area (Å²) in [6.07, 6.45) is 1.81. The first-order valence-electron chi connectivity index (χ1n) is 5.79. The Bertz CT molecular complexity index is 537. The highest BCUT2D eigenvalue weighted by molar-refractivity contribution is 9.10. The van der Waals surface area contributed by atoms with Gasteiger partial charge in [0, 0.05) is 16.4 Å². The Morgan fingerprint density at radius 3 is 2.76 bits per heavy atom. The van der Waals surface area contributed by atoms with Gasteiger partial charge in [-0.2, -0.15) is 0 Å². The third-order valence-corrected chi connectivity index (χ3v) is 3.25. The maximum absolute atomic E-state index is 5.98. The molecule has 2 rings (SSSR count). The first-order valence-corrected chi connectivity index (χ1v) is 6.58. The number of halogens is 1. The van der Waals surface area contributed by atoms with Crippen LogP contribution in [-0.4, -0.2) is 15.5 Å². The van der Waals surface area contributed by atoms with Gasteiger partial charge in [0.05, 0.1) is 11.0 Å². The largest absolute Gasteiger partial charge is 0.342 e. The number of rotatable bonds is 3. The molecule has 0 aliphatic heterocycles. The quantitative estimate of drug-likeness (QED) is 0.913. The summed E-state index contributed by atoms with van der Waals surface area (Å²) in [4.78, 5) is 7.98. The highest BCUT2D eigenvalue weighted by Crippen LogP contribution is 2.22. The number of aryl methyl sites for hydroxylation is 2. The number of imidazole rings is 1. The van der Waals surface area contributed by atoms with Crippen molar-refractivity contribution < 1.29 is 0 Å². The molecule has 1 heterocycles. The van der Waals surface area contributed by atoms with Gasteiger partial charge in [-0.15, -0.1) is 0 Å². The van der Waals surface area contributed by atoms with Crippen molar-refractivity contribution in [2.24, 2.45) is 5.73 Å². The van der Waals surface area contributed by atoms with Crippen LogP contribution in [0.15, 0.2) is 16.6 Å². The number of hydrogen-bond acceptors (Lipinski definition) is 2. The van der Waals surface area contributed by atoms with Gasteiger partial charge in [-0.3, -0.25) is 0 Å². The fraction of sp³-hybridized carbons (Fsp3) is 0.462. The fourth-order valence-electron chi connectivity index (χ4n) is 1.86. The number of nitrogens with one attached hydrogen (secondary N) is 1. The van der Waals surface area contributed by atoms with Crippen LogP contribution in [0.5, 0.6) is 0 Å². The van der Waals surface area contributed by atoms with E-state index in [0.29, 0.717) is 0 Å². The zero-order valence-corrected chi connectivity index (χ0v) is 12.1. The molecule has 4 heteroatoms. The first kappa shape index (κ1) is 12.6. The first-order chi connectivity index (χ1) is 7.85. The van der Waals surface area contributed by atoms with E-state index in [1.807, 2.05) is 13.8 Å². The molecular formula is C13H18BrN3. The second-order valence-corrected chi connectivity index (χ2v) is 6.21. The summed E-state index contributed by atoms with van der Waals surface area (Å²) in [6.45, 7) is 6.15. The number of aromatic nitrogens is 2. The van der Waals surface area contributed by atoms with E-state index in [9.17, 15) is 0 Å². The maximum atomic E-state index is 5.98. The van der Waals surface area contributed by atoms with Crippen LogP contribution in [0.25, 0.3) is 11.0 Å². The van der Waals surface area contributed by atoms with Crippen LogP contribution in [0.3, 0.4) is 0 Å². The zero-order chi connectivity index (χ0) is 12.6. The molecule has 0 spiro atoms. The molecule has 0 aliphatic rings. The molecule has 0 saturated carbocycles. The fourth-order valence-corrected chi connectivity index (χ4v) is 2.43. The van der Waals surface area contributed by atoms with Crippen molar-refractivity contribution in [3.8, 4) is 0 Å². The Morgan fingerprint density at radius 1 is 1.41 bits per heavy atom. The van der Waals surface area contributed by atoms with Crippen LogP contribution in [-0.2, 0) is 6.42 Å². The van der Waals surface area contributed by atoms with Crippen molar-refractivity contribution in [3.63, 3.8) is 0 Å². The van der Waals surface area contributed by atoms with E-state index in [4.69, 9.17) is 5.73 Å². The monoisotopic (exact) mass is 295 g/mol. The molecule has 17 heavy (non-hydrogen) atoms. The van der Waals surface area contributed by atoms with E-state index in [2.05, 4.69) is 45.0 Å². The SMILES string of the molecule is Cc1cc(Br)cc2[nH]c(CCC(C)(C)N)nc12. The average molecular weight is 296 g/mol. The van der Waals surface area contributed by atoms with Crippen molar-refractivity contribution in [1.29, 1.82) is 0 Å². The van der Waals surface area contributed by atoms with Crippen molar-refractivity contribution in [3.05, 3.63) is 28.0 Å². The van der Waals surface area contributed by atoms with Crippen molar-refractivity contribution in [2.45, 2.75) is 39.2 Å². The lowest BCUT2D eigenvalue weighted by Gasteiger charge is -2.16. The summed E-state index contributed by atoms with van der Waals surface area (Å²) in [5, 5.41) is 0. The van der Waals surface area contributed by atoms with Gasteiger partial charge >= 0.3 is 0 Å². The van der Waals surface area contributed by atoms with Crippen LogP contribution in [0, 0.1) is 6.92 Å². The van der Waals surface area contributed by atoms with Crippen LogP contribution >= 0.6 is 15.9 Å².